The summed E-state index contributed by atoms with van der Waals surface area (Å²) < 4.78 is 1.06. The first kappa shape index (κ1) is 13.5. The number of hydrogen-bond donors (Lipinski definition) is 0. The summed E-state index contributed by atoms with van der Waals surface area (Å²) in [5, 5.41) is 0.0850. The summed E-state index contributed by atoms with van der Waals surface area (Å²) in [6.45, 7) is 2.04. The molecular formula is C15H18BrNOS. The average Bonchev–Trinajstić information content (AvgIpc) is 2.64. The molecule has 0 aromatic heterocycles. The molecule has 4 heteroatoms. The van der Waals surface area contributed by atoms with E-state index in [9.17, 15) is 4.79 Å². The summed E-state index contributed by atoms with van der Waals surface area (Å²) in [6, 6.07) is 8.15. The first-order valence-electron chi connectivity index (χ1n) is 6.90. The molecule has 19 heavy (non-hydrogen) atoms. The van der Waals surface area contributed by atoms with Crippen molar-refractivity contribution in [3.8, 4) is 0 Å². The summed E-state index contributed by atoms with van der Waals surface area (Å²) >= 11 is 5.33. The van der Waals surface area contributed by atoms with Gasteiger partial charge in [0.25, 0.3) is 0 Å². The highest BCUT2D eigenvalue weighted by Gasteiger charge is 2.50. The first-order valence-corrected chi connectivity index (χ1v) is 8.57. The van der Waals surface area contributed by atoms with E-state index in [1.165, 1.54) is 19.3 Å². The maximum Gasteiger partial charge on any atom is 0.241 e. The zero-order valence-electron chi connectivity index (χ0n) is 11.1. The van der Waals surface area contributed by atoms with Crippen molar-refractivity contribution < 1.29 is 4.79 Å². The third-order valence-corrected chi connectivity index (χ3v) is 6.20. The molecule has 2 aliphatic rings. The summed E-state index contributed by atoms with van der Waals surface area (Å²) in [5.74, 6) is 0.272. The third kappa shape index (κ3) is 2.33. The fourth-order valence-corrected chi connectivity index (χ4v) is 5.17. The quantitative estimate of drug-likeness (QED) is 0.746. The largest absolute Gasteiger partial charge is 0.296 e. The van der Waals surface area contributed by atoms with Gasteiger partial charge in [-0.3, -0.25) is 9.69 Å². The van der Waals surface area contributed by atoms with Gasteiger partial charge in [-0.1, -0.05) is 35.2 Å². The molecule has 1 aliphatic carbocycles. The molecule has 1 aromatic carbocycles. The summed E-state index contributed by atoms with van der Waals surface area (Å²) in [6.07, 6.45) is 6.03. The van der Waals surface area contributed by atoms with Crippen LogP contribution in [0, 0.1) is 0 Å². The molecule has 0 bridgehead atoms. The number of benzene rings is 1. The van der Waals surface area contributed by atoms with E-state index in [1.807, 2.05) is 30.8 Å². The molecule has 102 valence electrons. The van der Waals surface area contributed by atoms with Crippen LogP contribution < -0.4 is 4.90 Å². The van der Waals surface area contributed by atoms with Gasteiger partial charge in [0.05, 0.1) is 10.1 Å². The second kappa shape index (κ2) is 5.13. The zero-order chi connectivity index (χ0) is 13.5. The number of carbonyl (C=O) groups excluding carboxylic acids is 1. The molecular weight excluding hydrogens is 322 g/mol. The summed E-state index contributed by atoms with van der Waals surface area (Å²) in [5.41, 5.74) is 1.05. The molecule has 1 saturated heterocycles. The fraction of sp³-hybridized carbons (Fsp3) is 0.533. The van der Waals surface area contributed by atoms with Gasteiger partial charge in [-0.05, 0) is 44.0 Å². The van der Waals surface area contributed by atoms with E-state index in [4.69, 9.17) is 0 Å². The third-order valence-electron chi connectivity index (χ3n) is 4.09. The van der Waals surface area contributed by atoms with Crippen molar-refractivity contribution in [3.05, 3.63) is 28.7 Å². The lowest BCUT2D eigenvalue weighted by Crippen LogP contribution is -2.46. The number of rotatable bonds is 1. The number of amides is 1. The number of nitrogens with zero attached hydrogens (tertiary/aromatic N) is 1. The van der Waals surface area contributed by atoms with Crippen molar-refractivity contribution in [1.29, 1.82) is 0 Å². The van der Waals surface area contributed by atoms with E-state index in [0.717, 1.165) is 23.0 Å². The van der Waals surface area contributed by atoms with E-state index < -0.39 is 0 Å². The molecule has 1 saturated carbocycles. The average molecular weight is 340 g/mol. The highest BCUT2D eigenvalue weighted by Crippen LogP contribution is 2.51. The second-order valence-corrected chi connectivity index (χ2v) is 8.04. The number of anilines is 1. The Kier molecular flexibility index (Phi) is 3.65. The van der Waals surface area contributed by atoms with Gasteiger partial charge in [0, 0.05) is 10.2 Å². The van der Waals surface area contributed by atoms with Gasteiger partial charge in [0.2, 0.25) is 5.91 Å². The van der Waals surface area contributed by atoms with Crippen LogP contribution in [0.3, 0.4) is 0 Å². The summed E-state index contributed by atoms with van der Waals surface area (Å²) in [4.78, 5) is 14.7. The van der Waals surface area contributed by atoms with Gasteiger partial charge >= 0.3 is 0 Å². The SMILES string of the molecule is C[C@H]1SC2(CCCCC2)N(c2ccc(Br)cc2)C1=O. The van der Waals surface area contributed by atoms with Gasteiger partial charge in [-0.15, -0.1) is 11.8 Å². The molecule has 1 heterocycles. The predicted molar refractivity (Wildman–Crippen MR) is 84.5 cm³/mol. The molecule has 1 amide bonds. The van der Waals surface area contributed by atoms with Crippen LogP contribution in [-0.4, -0.2) is 16.0 Å². The number of carbonyl (C=O) groups is 1. The van der Waals surface area contributed by atoms with Crippen molar-refractivity contribution in [2.45, 2.75) is 49.1 Å². The topological polar surface area (TPSA) is 20.3 Å². The molecule has 1 atom stereocenters. The lowest BCUT2D eigenvalue weighted by Gasteiger charge is -2.40. The van der Waals surface area contributed by atoms with Gasteiger partial charge in [0.1, 0.15) is 0 Å². The van der Waals surface area contributed by atoms with Crippen molar-refractivity contribution in [2.24, 2.45) is 0 Å². The normalized spacial score (nSPS) is 26.1. The fourth-order valence-electron chi connectivity index (χ4n) is 3.21. The molecule has 1 aromatic rings. The Morgan fingerprint density at radius 1 is 1.21 bits per heavy atom. The standard InChI is InChI=1S/C15H18BrNOS/c1-11-14(18)17(13-7-5-12(16)6-8-13)15(19-11)9-3-2-4-10-15/h5-8,11H,2-4,9-10H2,1H3/t11-/m1/s1. The van der Waals surface area contributed by atoms with E-state index >= 15 is 0 Å². The Morgan fingerprint density at radius 3 is 2.47 bits per heavy atom. The van der Waals surface area contributed by atoms with Crippen molar-refractivity contribution in [3.63, 3.8) is 0 Å². The van der Waals surface area contributed by atoms with E-state index in [-0.39, 0.29) is 16.0 Å². The highest BCUT2D eigenvalue weighted by molar-refractivity contribution is 9.10. The van der Waals surface area contributed by atoms with Crippen LogP contribution in [0.25, 0.3) is 0 Å². The highest BCUT2D eigenvalue weighted by atomic mass is 79.9. The monoisotopic (exact) mass is 339 g/mol. The maximum absolute atomic E-state index is 12.6. The number of hydrogen-bond acceptors (Lipinski definition) is 2. The lowest BCUT2D eigenvalue weighted by molar-refractivity contribution is -0.117. The smallest absolute Gasteiger partial charge is 0.241 e. The molecule has 0 unspecified atom stereocenters. The van der Waals surface area contributed by atoms with E-state index in [0.29, 0.717) is 0 Å². The lowest BCUT2D eigenvalue weighted by atomic mass is 9.93. The van der Waals surface area contributed by atoms with Crippen LogP contribution in [0.2, 0.25) is 0 Å². The van der Waals surface area contributed by atoms with Crippen molar-refractivity contribution in [1.82, 2.24) is 0 Å². The molecule has 1 spiro atoms. The minimum atomic E-state index is 0.0164. The van der Waals surface area contributed by atoms with Crippen LogP contribution in [0.5, 0.6) is 0 Å². The van der Waals surface area contributed by atoms with Crippen LogP contribution >= 0.6 is 27.7 Å². The first-order chi connectivity index (χ1) is 9.12. The summed E-state index contributed by atoms with van der Waals surface area (Å²) in [7, 11) is 0. The van der Waals surface area contributed by atoms with Gasteiger partial charge in [-0.2, -0.15) is 0 Å². The Bertz CT molecular complexity index is 481. The molecule has 0 radical (unpaired) electrons. The molecule has 1 aliphatic heterocycles. The van der Waals surface area contributed by atoms with Crippen molar-refractivity contribution in [2.75, 3.05) is 4.90 Å². The molecule has 3 rings (SSSR count). The zero-order valence-corrected chi connectivity index (χ0v) is 13.5. The Hall–Kier alpha value is -0.480. The molecule has 2 nitrogen and oxygen atoms in total. The minimum Gasteiger partial charge on any atom is -0.296 e. The Balaban J connectivity index is 1.99. The second-order valence-electron chi connectivity index (χ2n) is 5.42. The van der Waals surface area contributed by atoms with E-state index in [1.54, 1.807) is 0 Å². The molecule has 2 fully saturated rings. The van der Waals surface area contributed by atoms with Gasteiger partial charge in [-0.25, -0.2) is 0 Å². The predicted octanol–water partition coefficient (Wildman–Crippen LogP) is 4.58. The van der Waals surface area contributed by atoms with Gasteiger partial charge < -0.3 is 0 Å². The van der Waals surface area contributed by atoms with Crippen LogP contribution in [0.15, 0.2) is 28.7 Å². The van der Waals surface area contributed by atoms with Crippen molar-refractivity contribution >= 4 is 39.3 Å². The Labute approximate surface area is 127 Å². The maximum atomic E-state index is 12.6. The number of thioether (sulfide) groups is 1. The molecule has 0 N–H and O–H groups in total. The van der Waals surface area contributed by atoms with Crippen LogP contribution in [0.4, 0.5) is 5.69 Å². The van der Waals surface area contributed by atoms with Crippen LogP contribution in [0.1, 0.15) is 39.0 Å². The van der Waals surface area contributed by atoms with E-state index in [2.05, 4.69) is 33.0 Å². The number of halogens is 1. The van der Waals surface area contributed by atoms with Crippen LogP contribution in [-0.2, 0) is 4.79 Å². The Morgan fingerprint density at radius 2 is 1.84 bits per heavy atom. The minimum absolute atomic E-state index is 0.0164. The van der Waals surface area contributed by atoms with Gasteiger partial charge in [0.15, 0.2) is 0 Å².